The molecule has 2 aromatic heterocycles. The highest BCUT2D eigenvalue weighted by atomic mass is 32.2. The van der Waals surface area contributed by atoms with E-state index in [1.165, 1.54) is 53.4 Å². The molecule has 0 saturated carbocycles. The highest BCUT2D eigenvalue weighted by Gasteiger charge is 2.25. The lowest BCUT2D eigenvalue weighted by molar-refractivity contribution is -0.603. The Labute approximate surface area is 428 Å². The van der Waals surface area contributed by atoms with Crippen LogP contribution in [0.2, 0.25) is 0 Å². The number of azo groups is 2. The number of anilines is 6. The van der Waals surface area contributed by atoms with Crippen molar-refractivity contribution < 1.29 is 87.4 Å². The molecule has 0 fully saturated rings. The SMILES string of the molecule is Cc1ccc(N=Nc2cc(S(=O)(=O)O)c(N)cc2Nc2nc(Nc3ccc(N=Nc4cc5c(S(=O)(=O)O)cc(SOOO)cc5cc4S(=O)(=O)O)c(NC(N)=O)c3)nc(-[n+]3ccc(C(=O)O)cc3)n2)c(SOOO)c1. The van der Waals surface area contributed by atoms with E-state index in [0.29, 0.717) is 12.0 Å². The number of nitrogens with one attached hydrogen (secondary N) is 3. The van der Waals surface area contributed by atoms with Crippen molar-refractivity contribution in [1.29, 1.82) is 0 Å². The van der Waals surface area contributed by atoms with Gasteiger partial charge in [-0.05, 0) is 107 Å². The number of nitrogen functional groups attached to an aromatic ring is 1. The number of aromatic carboxylic acids is 1. The van der Waals surface area contributed by atoms with E-state index in [0.717, 1.165) is 42.0 Å². The molecule has 36 heteroatoms. The molecule has 13 N–H and O–H groups in total. The molecule has 0 aliphatic rings. The van der Waals surface area contributed by atoms with Crippen molar-refractivity contribution in [3.63, 3.8) is 0 Å². The number of rotatable bonds is 20. The quantitative estimate of drug-likeness (QED) is 0.00678. The maximum Gasteiger partial charge on any atom is 0.444 e. The first-order valence-electron chi connectivity index (χ1n) is 19.9. The Bertz CT molecular complexity index is 3820. The summed E-state index contributed by atoms with van der Waals surface area (Å²) in [4.78, 5) is 34.8. The molecule has 0 bridgehead atoms. The molecule has 0 aliphatic heterocycles. The van der Waals surface area contributed by atoms with Gasteiger partial charge in [0.1, 0.15) is 37.4 Å². The summed E-state index contributed by atoms with van der Waals surface area (Å²) in [5.74, 6) is -2.04. The van der Waals surface area contributed by atoms with E-state index < -0.39 is 68.4 Å². The zero-order valence-electron chi connectivity index (χ0n) is 37.1. The van der Waals surface area contributed by atoms with E-state index in [4.69, 9.17) is 22.0 Å². The summed E-state index contributed by atoms with van der Waals surface area (Å²) in [5, 5.41) is 57.8. The standard InChI is InChI=1S/C39H31N13O18S5/c1-18-2-4-26(31(10-18)72-70-68-57)49-50-29-17-33(74(61,62)63)24(40)16-28(29)44-38-45-37(46-39(47-38)52-8-6-19(7-9-52)35(53)54)42-21-3-5-25(27(13-21)43-36(41)55)48-51-30-15-23-20(12-34(30)75(64,65)66)11-22(71-69-67-56)14-32(23)73(58,59)60/h2-17H,1H3,(H12-,40,41,42,43,44,45,46,47,49,51,53,54,55,56,57,58,59,60,61,62,63,64,65,66)/p+1. The van der Waals surface area contributed by atoms with E-state index in [1.807, 2.05) is 0 Å². The maximum atomic E-state index is 12.6. The normalized spacial score (nSPS) is 12.1. The Kier molecular flexibility index (Phi) is 16.6. The number of pyridine rings is 1. The number of urea groups is 1. The Morgan fingerprint density at radius 1 is 0.653 bits per heavy atom. The van der Waals surface area contributed by atoms with Gasteiger partial charge in [0.25, 0.3) is 30.4 Å². The molecule has 2 amide bonds. The largest absolute Gasteiger partial charge is 0.478 e. The minimum absolute atomic E-state index is 0.0667. The third-order valence-corrected chi connectivity index (χ3v) is 13.5. The fourth-order valence-electron chi connectivity index (χ4n) is 6.43. The van der Waals surface area contributed by atoms with Crippen molar-refractivity contribution in [3.05, 3.63) is 108 Å². The van der Waals surface area contributed by atoms with Crippen LogP contribution in [0, 0.1) is 6.92 Å². The maximum absolute atomic E-state index is 12.6. The fraction of sp³-hybridized carbons (Fsp3) is 0.0256. The van der Waals surface area contributed by atoms with Crippen molar-refractivity contribution in [1.82, 2.24) is 15.0 Å². The molecule has 0 radical (unpaired) electrons. The zero-order chi connectivity index (χ0) is 54.4. The summed E-state index contributed by atoms with van der Waals surface area (Å²) in [6.07, 6.45) is 2.60. The number of carboxylic acid groups (broad SMARTS) is 1. The smallest absolute Gasteiger partial charge is 0.444 e. The molecule has 0 aliphatic carbocycles. The van der Waals surface area contributed by atoms with Crippen LogP contribution in [0.15, 0.2) is 142 Å². The monoisotopic (exact) mass is 1130 g/mol. The lowest BCUT2D eigenvalue weighted by Crippen LogP contribution is -2.33. The summed E-state index contributed by atoms with van der Waals surface area (Å²) < 4.78 is 115. The van der Waals surface area contributed by atoms with Gasteiger partial charge in [0.15, 0.2) is 0 Å². The van der Waals surface area contributed by atoms with Gasteiger partial charge in [0.2, 0.25) is 0 Å². The molecule has 7 rings (SSSR count). The second-order valence-electron chi connectivity index (χ2n) is 14.7. The van der Waals surface area contributed by atoms with E-state index in [1.54, 1.807) is 19.1 Å². The minimum Gasteiger partial charge on any atom is -0.478 e. The van der Waals surface area contributed by atoms with Crippen LogP contribution < -0.4 is 32.0 Å². The molecule has 0 spiro atoms. The Morgan fingerprint density at radius 2 is 1.27 bits per heavy atom. The van der Waals surface area contributed by atoms with Gasteiger partial charge in [-0.1, -0.05) is 16.1 Å². The summed E-state index contributed by atoms with van der Waals surface area (Å²) >= 11 is 0.836. The summed E-state index contributed by atoms with van der Waals surface area (Å²) in [5.41, 5.74) is 10.4. The molecule has 0 unspecified atom stereocenters. The second-order valence-corrected chi connectivity index (χ2v) is 20.4. The van der Waals surface area contributed by atoms with Crippen LogP contribution in [-0.2, 0) is 49.1 Å². The third kappa shape index (κ3) is 13.8. The molecule has 5 aromatic carbocycles. The number of aromatic nitrogens is 4. The number of carbonyl (C=O) groups is 2. The van der Waals surface area contributed by atoms with Gasteiger partial charge in [-0.25, -0.2) is 24.7 Å². The summed E-state index contributed by atoms with van der Waals surface area (Å²) in [7, 11) is -15.1. The fourth-order valence-corrected chi connectivity index (χ4v) is 9.47. The van der Waals surface area contributed by atoms with Crippen molar-refractivity contribution in [3.8, 4) is 5.95 Å². The van der Waals surface area contributed by atoms with Crippen molar-refractivity contribution in [2.45, 2.75) is 31.4 Å². The minimum atomic E-state index is -5.15. The van der Waals surface area contributed by atoms with Crippen LogP contribution >= 0.6 is 24.1 Å². The number of nitrogens with two attached hydrogens (primary N) is 2. The van der Waals surface area contributed by atoms with Gasteiger partial charge >= 0.3 is 29.8 Å². The molecule has 31 nitrogen and oxygen atoms in total. The first-order chi connectivity index (χ1) is 35.4. The molecular weight excluding hydrogens is 1100 g/mol. The molecular formula is C39H32N13O18S5+. The first-order valence-corrected chi connectivity index (χ1v) is 25.7. The van der Waals surface area contributed by atoms with Crippen LogP contribution in [0.4, 0.5) is 62.2 Å². The second kappa shape index (κ2) is 22.7. The number of hydrogen-bond acceptors (Lipinski definition) is 26. The Morgan fingerprint density at radius 3 is 1.91 bits per heavy atom. The lowest BCUT2D eigenvalue weighted by atomic mass is 10.1. The molecule has 75 heavy (non-hydrogen) atoms. The number of amides is 2. The van der Waals surface area contributed by atoms with Crippen molar-refractivity contribution >= 4 is 135 Å². The first kappa shape index (κ1) is 54.8. The topological polar surface area (TPSA) is 475 Å². The molecule has 0 saturated heterocycles. The number of carbonyl (C=O) groups excluding carboxylic acids is 1. The Hall–Kier alpha value is -7.95. The number of carboxylic acids is 1. The number of aryl methyl sites for hydroxylation is 1. The van der Waals surface area contributed by atoms with Crippen molar-refractivity contribution in [2.24, 2.45) is 26.2 Å². The van der Waals surface area contributed by atoms with Crippen LogP contribution in [-0.4, -0.2) is 81.5 Å². The Balaban J connectivity index is 1.31. The number of hydrogen-bond donors (Lipinski definition) is 11. The third-order valence-electron chi connectivity index (χ3n) is 9.58. The van der Waals surface area contributed by atoms with Crippen LogP contribution in [0.1, 0.15) is 15.9 Å². The van der Waals surface area contributed by atoms with Gasteiger partial charge in [-0.3, -0.25) is 13.7 Å². The van der Waals surface area contributed by atoms with Gasteiger partial charge in [0, 0.05) is 16.0 Å². The average Bonchev–Trinajstić information content (AvgIpc) is 3.33. The number of benzene rings is 5. The average molecular weight is 1130 g/mol. The predicted molar refractivity (Wildman–Crippen MR) is 260 cm³/mol. The summed E-state index contributed by atoms with van der Waals surface area (Å²) in [6, 6.07) is 15.5. The van der Waals surface area contributed by atoms with Crippen molar-refractivity contribution in [2.75, 3.05) is 21.7 Å². The van der Waals surface area contributed by atoms with E-state index >= 15 is 0 Å². The highest BCUT2D eigenvalue weighted by molar-refractivity contribution is 7.95. The number of fused-ring (bicyclic) bond motifs is 1. The van der Waals surface area contributed by atoms with Crippen LogP contribution in [0.25, 0.3) is 16.7 Å². The number of nitrogens with zero attached hydrogens (tertiary/aromatic N) is 8. The number of primary amides is 1. The van der Waals surface area contributed by atoms with E-state index in [9.17, 15) is 53.6 Å². The zero-order valence-corrected chi connectivity index (χ0v) is 41.2. The van der Waals surface area contributed by atoms with Gasteiger partial charge < -0.3 is 32.5 Å². The molecule has 7 aromatic rings. The van der Waals surface area contributed by atoms with Gasteiger partial charge in [-0.2, -0.15) is 25.3 Å². The van der Waals surface area contributed by atoms with Gasteiger partial charge in [0.05, 0.1) is 64.0 Å². The van der Waals surface area contributed by atoms with Crippen LogP contribution in [0.3, 0.4) is 0 Å². The van der Waals surface area contributed by atoms with Crippen LogP contribution in [0.5, 0.6) is 0 Å². The molecule has 390 valence electrons. The molecule has 2 heterocycles. The molecule has 0 atom stereocenters. The van der Waals surface area contributed by atoms with E-state index in [-0.39, 0.29) is 90.1 Å². The van der Waals surface area contributed by atoms with E-state index in [2.05, 4.69) is 70.1 Å². The summed E-state index contributed by atoms with van der Waals surface area (Å²) in [6.45, 7) is 1.75. The predicted octanol–water partition coefficient (Wildman–Crippen LogP) is 7.30. The lowest BCUT2D eigenvalue weighted by Gasteiger charge is -2.12. The highest BCUT2D eigenvalue weighted by Crippen LogP contribution is 2.40. The van der Waals surface area contributed by atoms with Gasteiger partial charge in [-0.15, -0.1) is 34.1 Å².